The van der Waals surface area contributed by atoms with Crippen molar-refractivity contribution in [2.75, 3.05) is 13.7 Å². The Bertz CT molecular complexity index is 889. The highest BCUT2D eigenvalue weighted by Crippen LogP contribution is 2.22. The van der Waals surface area contributed by atoms with Crippen molar-refractivity contribution in [1.29, 1.82) is 0 Å². The van der Waals surface area contributed by atoms with E-state index in [2.05, 4.69) is 9.55 Å². The largest absolute Gasteiger partial charge is 0.383 e. The van der Waals surface area contributed by atoms with E-state index in [1.807, 2.05) is 30.5 Å². The number of aromatic amines is 1. The van der Waals surface area contributed by atoms with Gasteiger partial charge < -0.3 is 9.30 Å². The lowest BCUT2D eigenvalue weighted by molar-refractivity contribution is 0.188. The smallest absolute Gasteiger partial charge is 0.332 e. The first-order chi connectivity index (χ1) is 10.2. The summed E-state index contributed by atoms with van der Waals surface area (Å²) in [4.78, 5) is 25.4. The minimum absolute atomic E-state index is 0.402. The molecule has 0 aliphatic heterocycles. The maximum absolute atomic E-state index is 11.9. The fourth-order valence-electron chi connectivity index (χ4n) is 2.41. The molecule has 0 fully saturated rings. The molecule has 6 nitrogen and oxygen atoms in total. The van der Waals surface area contributed by atoms with Crippen LogP contribution in [0.25, 0.3) is 16.6 Å². The van der Waals surface area contributed by atoms with Gasteiger partial charge in [-0.25, -0.2) is 4.79 Å². The summed E-state index contributed by atoms with van der Waals surface area (Å²) in [5.74, 6) is 0. The van der Waals surface area contributed by atoms with Crippen molar-refractivity contribution >= 4 is 10.9 Å². The Kier molecular flexibility index (Phi) is 3.45. The molecule has 0 aliphatic rings. The summed E-state index contributed by atoms with van der Waals surface area (Å²) in [5.41, 5.74) is 0.910. The molecular formula is C15H15N3O3. The van der Waals surface area contributed by atoms with Crippen molar-refractivity contribution in [3.8, 4) is 5.69 Å². The zero-order valence-electron chi connectivity index (χ0n) is 11.6. The number of rotatable bonds is 4. The number of fused-ring (bicyclic) bond motifs is 1. The molecule has 0 saturated carbocycles. The highest BCUT2D eigenvalue weighted by molar-refractivity contribution is 5.88. The zero-order chi connectivity index (χ0) is 14.8. The number of hydrogen-bond donors (Lipinski definition) is 1. The topological polar surface area (TPSA) is 69.0 Å². The van der Waals surface area contributed by atoms with Crippen LogP contribution in [-0.2, 0) is 11.3 Å². The number of methoxy groups -OCH3 is 1. The van der Waals surface area contributed by atoms with Crippen molar-refractivity contribution in [2.45, 2.75) is 6.54 Å². The predicted octanol–water partition coefficient (Wildman–Crippen LogP) is 1.13. The van der Waals surface area contributed by atoms with Gasteiger partial charge in [-0.15, -0.1) is 0 Å². The summed E-state index contributed by atoms with van der Waals surface area (Å²) in [5, 5.41) is 0.947. The van der Waals surface area contributed by atoms with Crippen molar-refractivity contribution in [3.05, 3.63) is 63.6 Å². The van der Waals surface area contributed by atoms with E-state index in [1.54, 1.807) is 7.11 Å². The minimum atomic E-state index is -0.445. The summed E-state index contributed by atoms with van der Waals surface area (Å²) in [6.45, 7) is 1.36. The number of hydrogen-bond acceptors (Lipinski definition) is 3. The van der Waals surface area contributed by atoms with Crippen LogP contribution >= 0.6 is 0 Å². The number of H-pyrrole nitrogens is 1. The second-order valence-corrected chi connectivity index (χ2v) is 4.69. The predicted molar refractivity (Wildman–Crippen MR) is 80.0 cm³/mol. The summed E-state index contributed by atoms with van der Waals surface area (Å²) in [7, 11) is 1.66. The Morgan fingerprint density at radius 2 is 2.00 bits per heavy atom. The van der Waals surface area contributed by atoms with Gasteiger partial charge in [-0.3, -0.25) is 14.3 Å². The number of ether oxygens (including phenoxy) is 1. The van der Waals surface area contributed by atoms with Crippen molar-refractivity contribution in [2.24, 2.45) is 0 Å². The highest BCUT2D eigenvalue weighted by Gasteiger charge is 2.08. The highest BCUT2D eigenvalue weighted by atomic mass is 16.5. The van der Waals surface area contributed by atoms with Crippen LogP contribution in [0.15, 0.2) is 52.3 Å². The van der Waals surface area contributed by atoms with E-state index < -0.39 is 11.2 Å². The molecule has 0 unspecified atom stereocenters. The van der Waals surface area contributed by atoms with E-state index in [-0.39, 0.29) is 0 Å². The maximum atomic E-state index is 11.9. The van der Waals surface area contributed by atoms with Gasteiger partial charge in [0.05, 0.1) is 17.8 Å². The van der Waals surface area contributed by atoms with E-state index in [9.17, 15) is 9.59 Å². The van der Waals surface area contributed by atoms with Crippen molar-refractivity contribution in [3.63, 3.8) is 0 Å². The fourth-order valence-corrected chi connectivity index (χ4v) is 2.41. The quantitative estimate of drug-likeness (QED) is 0.781. The van der Waals surface area contributed by atoms with Gasteiger partial charge in [0, 0.05) is 37.5 Å². The van der Waals surface area contributed by atoms with E-state index >= 15 is 0 Å². The molecule has 0 amide bonds. The molecule has 0 radical (unpaired) electrons. The van der Waals surface area contributed by atoms with Gasteiger partial charge in [0.1, 0.15) is 0 Å². The van der Waals surface area contributed by atoms with Crippen LogP contribution in [-0.4, -0.2) is 27.8 Å². The molecule has 3 aromatic rings. The van der Waals surface area contributed by atoms with Gasteiger partial charge in [0.15, 0.2) is 0 Å². The minimum Gasteiger partial charge on any atom is -0.383 e. The van der Waals surface area contributed by atoms with E-state index in [1.165, 1.54) is 16.8 Å². The molecule has 108 valence electrons. The second-order valence-electron chi connectivity index (χ2n) is 4.69. The molecule has 2 aromatic heterocycles. The Hall–Kier alpha value is -2.60. The van der Waals surface area contributed by atoms with Gasteiger partial charge in [0.25, 0.3) is 5.56 Å². The molecule has 0 saturated heterocycles. The molecule has 2 heterocycles. The normalized spacial score (nSPS) is 11.1. The monoisotopic (exact) mass is 285 g/mol. The lowest BCUT2D eigenvalue weighted by atomic mass is 10.2. The SMILES string of the molecule is COCCn1ccc2c(-n3ccc(=O)[nH]c3=O)cccc21. The van der Waals surface area contributed by atoms with Gasteiger partial charge >= 0.3 is 5.69 Å². The molecule has 0 spiro atoms. The average molecular weight is 285 g/mol. The first-order valence-corrected chi connectivity index (χ1v) is 6.60. The van der Waals surface area contributed by atoms with Gasteiger partial charge in [-0.05, 0) is 18.2 Å². The maximum Gasteiger partial charge on any atom is 0.332 e. The first kappa shape index (κ1) is 13.4. The van der Waals surface area contributed by atoms with E-state index in [4.69, 9.17) is 4.74 Å². The Morgan fingerprint density at radius 1 is 1.14 bits per heavy atom. The Balaban J connectivity index is 2.17. The molecule has 6 heteroatoms. The van der Waals surface area contributed by atoms with Crippen LogP contribution < -0.4 is 11.2 Å². The van der Waals surface area contributed by atoms with Crippen LogP contribution in [0, 0.1) is 0 Å². The standard InChI is InChI=1S/C15H15N3O3/c1-21-10-9-17-7-5-11-12(17)3-2-4-13(11)18-8-6-14(19)16-15(18)20/h2-8H,9-10H2,1H3,(H,16,19,20). The van der Waals surface area contributed by atoms with Gasteiger partial charge in [-0.2, -0.15) is 0 Å². The summed E-state index contributed by atoms with van der Waals surface area (Å²) in [6, 6.07) is 9.02. The molecule has 0 aliphatic carbocycles. The summed E-state index contributed by atoms with van der Waals surface area (Å²) < 4.78 is 8.60. The number of benzene rings is 1. The van der Waals surface area contributed by atoms with Gasteiger partial charge in [-0.1, -0.05) is 6.07 Å². The molecule has 0 atom stereocenters. The van der Waals surface area contributed by atoms with Crippen molar-refractivity contribution < 1.29 is 4.74 Å². The third-order valence-electron chi connectivity index (χ3n) is 3.41. The lowest BCUT2D eigenvalue weighted by Crippen LogP contribution is -2.27. The number of nitrogens with zero attached hydrogens (tertiary/aromatic N) is 2. The van der Waals surface area contributed by atoms with Crippen LogP contribution in [0.4, 0.5) is 0 Å². The zero-order valence-corrected chi connectivity index (χ0v) is 11.6. The molecular weight excluding hydrogens is 270 g/mol. The molecule has 3 rings (SSSR count). The summed E-state index contributed by atoms with van der Waals surface area (Å²) >= 11 is 0. The van der Waals surface area contributed by atoms with Gasteiger partial charge in [0.2, 0.25) is 0 Å². The van der Waals surface area contributed by atoms with Crippen LogP contribution in [0.3, 0.4) is 0 Å². The third kappa shape index (κ3) is 2.41. The average Bonchev–Trinajstić information content (AvgIpc) is 2.88. The molecule has 1 N–H and O–H groups in total. The van der Waals surface area contributed by atoms with Crippen LogP contribution in [0.2, 0.25) is 0 Å². The second kappa shape index (κ2) is 5.41. The molecule has 21 heavy (non-hydrogen) atoms. The lowest BCUT2D eigenvalue weighted by Gasteiger charge is -2.08. The number of aromatic nitrogens is 3. The fraction of sp³-hybridized carbons (Fsp3) is 0.200. The Labute approximate surface area is 120 Å². The first-order valence-electron chi connectivity index (χ1n) is 6.60. The third-order valence-corrected chi connectivity index (χ3v) is 3.41. The molecule has 0 bridgehead atoms. The van der Waals surface area contributed by atoms with E-state index in [0.717, 1.165) is 23.1 Å². The summed E-state index contributed by atoms with van der Waals surface area (Å²) in [6.07, 6.45) is 3.45. The number of nitrogens with one attached hydrogen (secondary N) is 1. The molecule has 1 aromatic carbocycles. The van der Waals surface area contributed by atoms with Crippen LogP contribution in [0.5, 0.6) is 0 Å². The van der Waals surface area contributed by atoms with E-state index in [0.29, 0.717) is 6.61 Å². The van der Waals surface area contributed by atoms with Crippen LogP contribution in [0.1, 0.15) is 0 Å². The Morgan fingerprint density at radius 3 is 2.76 bits per heavy atom. The van der Waals surface area contributed by atoms with Crippen molar-refractivity contribution in [1.82, 2.24) is 14.1 Å².